The van der Waals surface area contributed by atoms with Crippen LogP contribution in [0.2, 0.25) is 0 Å². The summed E-state index contributed by atoms with van der Waals surface area (Å²) in [6.45, 7) is 9.15. The Kier molecular flexibility index (Phi) is 10.4. The standard InChI is InChI=1S/C29H37BrN4O5/c1-3-21-16-23(30)15-20(2)28(21)32-26(35)19-39-25-7-5-24(6-8-25)34-18-22(17-27(34)36)29(37)31-9-4-10-33-11-13-38-14-12-33/h5-8,15-16,22H,3-4,9-14,17-19H2,1-2H3,(H,31,37)(H,32,35)/t22-/m1/s1. The van der Waals surface area contributed by atoms with E-state index in [9.17, 15) is 14.4 Å². The number of nitrogens with zero attached hydrogens (tertiary/aromatic N) is 2. The zero-order valence-electron chi connectivity index (χ0n) is 22.6. The fourth-order valence-electron chi connectivity index (χ4n) is 4.93. The molecule has 2 aromatic rings. The number of hydrogen-bond donors (Lipinski definition) is 2. The predicted octanol–water partition coefficient (Wildman–Crippen LogP) is 3.53. The van der Waals surface area contributed by atoms with Gasteiger partial charge in [-0.15, -0.1) is 0 Å². The van der Waals surface area contributed by atoms with Crippen LogP contribution in [0.25, 0.3) is 0 Å². The maximum atomic E-state index is 12.6. The van der Waals surface area contributed by atoms with Crippen LogP contribution >= 0.6 is 15.9 Å². The molecular weight excluding hydrogens is 564 g/mol. The van der Waals surface area contributed by atoms with Gasteiger partial charge in [0, 0.05) is 48.4 Å². The van der Waals surface area contributed by atoms with Crippen molar-refractivity contribution in [1.82, 2.24) is 10.2 Å². The molecule has 3 amide bonds. The van der Waals surface area contributed by atoms with Crippen molar-refractivity contribution in [2.75, 3.05) is 62.8 Å². The Bertz CT molecular complexity index is 1170. The molecular formula is C29H37BrN4O5. The molecule has 39 heavy (non-hydrogen) atoms. The molecule has 2 aliphatic heterocycles. The zero-order valence-corrected chi connectivity index (χ0v) is 24.2. The normalized spacial score (nSPS) is 17.8. The lowest BCUT2D eigenvalue weighted by Gasteiger charge is -2.26. The molecule has 2 fully saturated rings. The summed E-state index contributed by atoms with van der Waals surface area (Å²) in [7, 11) is 0. The van der Waals surface area contributed by atoms with Crippen molar-refractivity contribution in [3.8, 4) is 5.75 Å². The predicted molar refractivity (Wildman–Crippen MR) is 154 cm³/mol. The van der Waals surface area contributed by atoms with E-state index < -0.39 is 0 Å². The summed E-state index contributed by atoms with van der Waals surface area (Å²) < 4.78 is 12.0. The molecule has 0 saturated carbocycles. The fraction of sp³-hybridized carbons (Fsp3) is 0.483. The molecule has 2 aliphatic rings. The maximum Gasteiger partial charge on any atom is 0.262 e. The van der Waals surface area contributed by atoms with E-state index >= 15 is 0 Å². The average molecular weight is 602 g/mol. The summed E-state index contributed by atoms with van der Waals surface area (Å²) >= 11 is 3.50. The smallest absolute Gasteiger partial charge is 0.262 e. The van der Waals surface area contributed by atoms with E-state index in [1.54, 1.807) is 29.2 Å². The molecule has 0 unspecified atom stereocenters. The quantitative estimate of drug-likeness (QED) is 0.383. The van der Waals surface area contributed by atoms with Crippen molar-refractivity contribution in [3.05, 3.63) is 52.0 Å². The summed E-state index contributed by atoms with van der Waals surface area (Å²) in [6, 6.07) is 11.0. The van der Waals surface area contributed by atoms with Crippen LogP contribution in [0.3, 0.4) is 0 Å². The second-order valence-corrected chi connectivity index (χ2v) is 10.9. The highest BCUT2D eigenvalue weighted by atomic mass is 79.9. The van der Waals surface area contributed by atoms with Crippen molar-refractivity contribution in [3.63, 3.8) is 0 Å². The number of nitrogens with one attached hydrogen (secondary N) is 2. The van der Waals surface area contributed by atoms with E-state index in [0.717, 1.165) is 67.0 Å². The van der Waals surface area contributed by atoms with Crippen LogP contribution in [-0.4, -0.2) is 75.2 Å². The van der Waals surface area contributed by atoms with Gasteiger partial charge in [0.2, 0.25) is 11.8 Å². The van der Waals surface area contributed by atoms with Gasteiger partial charge in [-0.3, -0.25) is 19.3 Å². The van der Waals surface area contributed by atoms with Gasteiger partial charge in [0.25, 0.3) is 5.91 Å². The van der Waals surface area contributed by atoms with Gasteiger partial charge in [0.05, 0.1) is 19.1 Å². The van der Waals surface area contributed by atoms with Gasteiger partial charge in [-0.2, -0.15) is 0 Å². The summed E-state index contributed by atoms with van der Waals surface area (Å²) in [5.74, 6) is -0.235. The van der Waals surface area contributed by atoms with E-state index in [-0.39, 0.29) is 36.7 Å². The number of carbonyl (C=O) groups is 3. The average Bonchev–Trinajstić information content (AvgIpc) is 3.33. The van der Waals surface area contributed by atoms with Gasteiger partial charge in [-0.1, -0.05) is 22.9 Å². The SMILES string of the molecule is CCc1cc(Br)cc(C)c1NC(=O)COc1ccc(N2C[C@H](C(=O)NCCCN3CCOCC3)CC2=O)cc1. The van der Waals surface area contributed by atoms with Gasteiger partial charge in [0.15, 0.2) is 6.61 Å². The number of amides is 3. The molecule has 0 aromatic heterocycles. The van der Waals surface area contributed by atoms with Crippen LogP contribution in [0.15, 0.2) is 40.9 Å². The zero-order chi connectivity index (χ0) is 27.8. The molecule has 210 valence electrons. The number of halogens is 1. The van der Waals surface area contributed by atoms with Crippen molar-refractivity contribution < 1.29 is 23.9 Å². The van der Waals surface area contributed by atoms with Crippen LogP contribution in [0.1, 0.15) is 30.9 Å². The van der Waals surface area contributed by atoms with Crippen LogP contribution in [0.5, 0.6) is 5.75 Å². The minimum Gasteiger partial charge on any atom is -0.484 e. The second kappa shape index (κ2) is 13.9. The topological polar surface area (TPSA) is 100 Å². The molecule has 2 heterocycles. The van der Waals surface area contributed by atoms with Crippen LogP contribution in [-0.2, 0) is 25.5 Å². The third-order valence-corrected chi connectivity index (χ3v) is 7.55. The first-order valence-corrected chi connectivity index (χ1v) is 14.3. The van der Waals surface area contributed by atoms with Crippen LogP contribution in [0, 0.1) is 12.8 Å². The number of morpholine rings is 1. The van der Waals surface area contributed by atoms with E-state index in [4.69, 9.17) is 9.47 Å². The number of hydrogen-bond acceptors (Lipinski definition) is 6. The molecule has 0 radical (unpaired) electrons. The molecule has 0 spiro atoms. The number of carbonyl (C=O) groups excluding carboxylic acids is 3. The minimum atomic E-state index is -0.365. The Morgan fingerprint density at radius 1 is 1.15 bits per heavy atom. The van der Waals surface area contributed by atoms with Crippen LogP contribution < -0.4 is 20.3 Å². The first-order valence-electron chi connectivity index (χ1n) is 13.5. The summed E-state index contributed by atoms with van der Waals surface area (Å²) in [6.07, 6.45) is 1.87. The third-order valence-electron chi connectivity index (χ3n) is 7.10. The first-order chi connectivity index (χ1) is 18.8. The Balaban J connectivity index is 1.22. The van der Waals surface area contributed by atoms with Gasteiger partial charge in [-0.25, -0.2) is 0 Å². The van der Waals surface area contributed by atoms with Gasteiger partial charge >= 0.3 is 0 Å². The molecule has 9 nitrogen and oxygen atoms in total. The molecule has 4 rings (SSSR count). The fourth-order valence-corrected chi connectivity index (χ4v) is 5.55. The largest absolute Gasteiger partial charge is 0.484 e. The molecule has 2 N–H and O–H groups in total. The Morgan fingerprint density at radius 2 is 1.90 bits per heavy atom. The molecule has 2 aromatic carbocycles. The monoisotopic (exact) mass is 600 g/mol. The summed E-state index contributed by atoms with van der Waals surface area (Å²) in [5.41, 5.74) is 3.55. The summed E-state index contributed by atoms with van der Waals surface area (Å²) in [4.78, 5) is 41.8. The highest BCUT2D eigenvalue weighted by Crippen LogP contribution is 2.28. The highest BCUT2D eigenvalue weighted by Gasteiger charge is 2.35. The van der Waals surface area contributed by atoms with Crippen LogP contribution in [0.4, 0.5) is 11.4 Å². The number of anilines is 2. The Hall–Kier alpha value is -2.95. The molecule has 1 atom stereocenters. The van der Waals surface area contributed by atoms with E-state index in [0.29, 0.717) is 24.5 Å². The third kappa shape index (κ3) is 8.03. The highest BCUT2D eigenvalue weighted by molar-refractivity contribution is 9.10. The lowest BCUT2D eigenvalue weighted by molar-refractivity contribution is -0.126. The number of ether oxygens (including phenoxy) is 2. The van der Waals surface area contributed by atoms with Gasteiger partial charge < -0.3 is 25.0 Å². The Morgan fingerprint density at radius 3 is 2.62 bits per heavy atom. The van der Waals surface area contributed by atoms with Crippen molar-refractivity contribution in [2.45, 2.75) is 33.1 Å². The second-order valence-electron chi connectivity index (χ2n) is 9.95. The lowest BCUT2D eigenvalue weighted by Crippen LogP contribution is -2.39. The van der Waals surface area contributed by atoms with Crippen molar-refractivity contribution >= 4 is 45.0 Å². The van der Waals surface area contributed by atoms with Gasteiger partial charge in [-0.05, 0) is 73.8 Å². The Labute approximate surface area is 238 Å². The van der Waals surface area contributed by atoms with E-state index in [1.165, 1.54) is 0 Å². The minimum absolute atomic E-state index is 0.0758. The number of aryl methyl sites for hydroxylation is 2. The van der Waals surface area contributed by atoms with E-state index in [2.05, 4.69) is 31.5 Å². The maximum absolute atomic E-state index is 12.6. The van der Waals surface area contributed by atoms with Crippen molar-refractivity contribution in [1.29, 1.82) is 0 Å². The molecule has 0 aliphatic carbocycles. The molecule has 2 saturated heterocycles. The first kappa shape index (κ1) is 29.0. The number of benzene rings is 2. The van der Waals surface area contributed by atoms with E-state index in [1.807, 2.05) is 26.0 Å². The molecule has 0 bridgehead atoms. The van der Waals surface area contributed by atoms with Gasteiger partial charge in [0.1, 0.15) is 5.75 Å². The molecule has 10 heteroatoms. The lowest BCUT2D eigenvalue weighted by atomic mass is 10.1. The van der Waals surface area contributed by atoms with Crippen molar-refractivity contribution in [2.24, 2.45) is 5.92 Å². The summed E-state index contributed by atoms with van der Waals surface area (Å²) in [5, 5.41) is 5.94. The number of rotatable bonds is 11.